The minimum Gasteiger partial charge on any atom is -0.267 e. The Labute approximate surface area is 104 Å². The largest absolute Gasteiger partial charge is 0.277 e. The van der Waals surface area contributed by atoms with Crippen LogP contribution in [-0.2, 0) is 0 Å². The highest BCUT2D eigenvalue weighted by Gasteiger charge is 2.22. The molecule has 2 aromatic rings. The Morgan fingerprint density at radius 3 is 2.78 bits per heavy atom. The van der Waals surface area contributed by atoms with E-state index < -0.39 is 0 Å². The molecule has 0 N–H and O–H groups in total. The fourth-order valence-electron chi connectivity index (χ4n) is 2.25. The Bertz CT molecular complexity index is 789. The molecular formula is C14H13N3O. The summed E-state index contributed by atoms with van der Waals surface area (Å²) in [5.41, 5.74) is 2.68. The molecule has 1 aromatic heterocycles. The number of carbonyl (C=O) groups excluding carboxylic acids is 1. The van der Waals surface area contributed by atoms with Crippen molar-refractivity contribution in [1.82, 2.24) is 9.99 Å². The minimum absolute atomic E-state index is 0.0954. The highest BCUT2D eigenvalue weighted by molar-refractivity contribution is 5.98. The van der Waals surface area contributed by atoms with Crippen molar-refractivity contribution in [3.05, 3.63) is 40.5 Å². The average Bonchev–Trinajstić information content (AvgIpc) is 2.65. The molecule has 1 aromatic carbocycles. The van der Waals surface area contributed by atoms with Gasteiger partial charge in [0, 0.05) is 18.6 Å². The van der Waals surface area contributed by atoms with Gasteiger partial charge < -0.3 is 0 Å². The number of fused-ring (bicyclic) bond motifs is 3. The molecule has 1 aliphatic rings. The molecule has 4 heteroatoms. The van der Waals surface area contributed by atoms with E-state index in [-0.39, 0.29) is 5.91 Å². The first kappa shape index (κ1) is 10.9. The first-order chi connectivity index (χ1) is 8.59. The number of amides is 1. The summed E-state index contributed by atoms with van der Waals surface area (Å²) in [6.45, 7) is 4.11. The third-order valence-electron chi connectivity index (χ3n) is 3.18. The number of carbonyl (C=O) groups is 1. The predicted molar refractivity (Wildman–Crippen MR) is 69.4 cm³/mol. The normalized spacial score (nSPS) is 13.7. The molecular weight excluding hydrogens is 226 g/mol. The van der Waals surface area contributed by atoms with Gasteiger partial charge in [0.25, 0.3) is 5.91 Å². The van der Waals surface area contributed by atoms with Crippen LogP contribution in [0.4, 0.5) is 0 Å². The van der Waals surface area contributed by atoms with Gasteiger partial charge in [-0.05, 0) is 19.1 Å². The molecule has 2 heterocycles. The molecule has 0 spiro atoms. The van der Waals surface area contributed by atoms with E-state index in [9.17, 15) is 4.79 Å². The summed E-state index contributed by atoms with van der Waals surface area (Å²) < 4.78 is 0. The van der Waals surface area contributed by atoms with E-state index in [0.717, 1.165) is 21.5 Å². The molecule has 3 rings (SSSR count). The molecule has 0 fully saturated rings. The van der Waals surface area contributed by atoms with Crippen molar-refractivity contribution in [2.75, 3.05) is 7.05 Å². The van der Waals surface area contributed by atoms with Crippen LogP contribution in [0.25, 0.3) is 16.5 Å². The summed E-state index contributed by atoms with van der Waals surface area (Å²) in [6.07, 6.45) is 1.62. The number of rotatable bonds is 0. The second-order valence-electron chi connectivity index (χ2n) is 4.65. The maximum absolute atomic E-state index is 11.8. The van der Waals surface area contributed by atoms with Gasteiger partial charge in [0.15, 0.2) is 0 Å². The third-order valence-corrected chi connectivity index (χ3v) is 3.18. The standard InChI is InChI=1S/C14H13N3O/c1-8(2)9-5-4-6-10-12(9)15-7-11-13(10)16-17(3)14(11)18/h4-7H,1-3H3. The van der Waals surface area contributed by atoms with Crippen molar-refractivity contribution < 1.29 is 4.79 Å². The van der Waals surface area contributed by atoms with Crippen LogP contribution in [0.3, 0.4) is 0 Å². The van der Waals surface area contributed by atoms with Crippen LogP contribution in [0.1, 0.15) is 24.2 Å². The molecule has 0 saturated carbocycles. The summed E-state index contributed by atoms with van der Waals surface area (Å²) in [4.78, 5) is 16.3. The first-order valence-corrected chi connectivity index (χ1v) is 5.81. The highest BCUT2D eigenvalue weighted by Crippen LogP contribution is 2.10. The lowest BCUT2D eigenvalue weighted by Gasteiger charge is -2.01. The topological polar surface area (TPSA) is 45.6 Å². The first-order valence-electron chi connectivity index (χ1n) is 5.81. The molecule has 0 saturated heterocycles. The van der Waals surface area contributed by atoms with Crippen molar-refractivity contribution >= 4 is 22.4 Å². The summed E-state index contributed by atoms with van der Waals surface area (Å²) in [7, 11) is 1.66. The van der Waals surface area contributed by atoms with Crippen LogP contribution in [0.2, 0.25) is 0 Å². The zero-order valence-electron chi connectivity index (χ0n) is 10.6. The van der Waals surface area contributed by atoms with E-state index in [0.29, 0.717) is 5.56 Å². The van der Waals surface area contributed by atoms with Gasteiger partial charge in [-0.2, -0.15) is 5.10 Å². The van der Waals surface area contributed by atoms with Crippen LogP contribution in [0.15, 0.2) is 29.5 Å². The average molecular weight is 239 g/mol. The Morgan fingerprint density at radius 1 is 1.28 bits per heavy atom. The number of hydrogen-bond acceptors (Lipinski definition) is 3. The Balaban J connectivity index is 2.55. The molecule has 0 bridgehead atoms. The maximum Gasteiger partial charge on any atom is 0.277 e. The lowest BCUT2D eigenvalue weighted by Crippen LogP contribution is -2.18. The fourth-order valence-corrected chi connectivity index (χ4v) is 2.25. The molecule has 1 aliphatic heterocycles. The second-order valence-corrected chi connectivity index (χ2v) is 4.65. The summed E-state index contributed by atoms with van der Waals surface area (Å²) in [5.74, 6) is -0.0954. The molecule has 4 nitrogen and oxygen atoms in total. The predicted octanol–water partition coefficient (Wildman–Crippen LogP) is 1.05. The number of benzene rings is 1. The number of hydrogen-bond donors (Lipinski definition) is 0. The Kier molecular flexibility index (Phi) is 2.20. The molecule has 0 radical (unpaired) electrons. The fraction of sp³-hybridized carbons (Fsp3) is 0.214. The second kappa shape index (κ2) is 3.63. The zero-order valence-corrected chi connectivity index (χ0v) is 10.6. The molecule has 0 unspecified atom stereocenters. The summed E-state index contributed by atoms with van der Waals surface area (Å²) in [6, 6.07) is 5.98. The molecule has 0 atom stereocenters. The van der Waals surface area contributed by atoms with Gasteiger partial charge in [-0.3, -0.25) is 9.78 Å². The Morgan fingerprint density at radius 2 is 2.06 bits per heavy atom. The monoisotopic (exact) mass is 239 g/mol. The maximum atomic E-state index is 11.8. The van der Waals surface area contributed by atoms with E-state index in [4.69, 9.17) is 0 Å². The number of para-hydroxylation sites is 1. The van der Waals surface area contributed by atoms with Crippen LogP contribution >= 0.6 is 0 Å². The number of pyridine rings is 1. The molecule has 1 amide bonds. The third kappa shape index (κ3) is 1.35. The number of aromatic nitrogens is 1. The van der Waals surface area contributed by atoms with Crippen molar-refractivity contribution in [2.24, 2.45) is 5.10 Å². The SMILES string of the molecule is CC(C)=c1cccc2c3c(cnc12)C(=O)N(C)N=3. The molecule has 0 aliphatic carbocycles. The van der Waals surface area contributed by atoms with E-state index in [1.54, 1.807) is 13.2 Å². The molecule has 90 valence electrons. The van der Waals surface area contributed by atoms with Crippen molar-refractivity contribution in [2.45, 2.75) is 13.8 Å². The minimum atomic E-state index is -0.0954. The van der Waals surface area contributed by atoms with Gasteiger partial charge in [0.2, 0.25) is 0 Å². The van der Waals surface area contributed by atoms with E-state index >= 15 is 0 Å². The van der Waals surface area contributed by atoms with Gasteiger partial charge in [-0.15, -0.1) is 0 Å². The number of nitrogens with zero attached hydrogens (tertiary/aromatic N) is 3. The van der Waals surface area contributed by atoms with E-state index in [1.807, 2.05) is 18.2 Å². The van der Waals surface area contributed by atoms with E-state index in [1.165, 1.54) is 10.6 Å². The molecule has 18 heavy (non-hydrogen) atoms. The van der Waals surface area contributed by atoms with Gasteiger partial charge in [0.05, 0.1) is 11.1 Å². The van der Waals surface area contributed by atoms with Crippen molar-refractivity contribution in [3.8, 4) is 0 Å². The summed E-state index contributed by atoms with van der Waals surface area (Å²) in [5, 5.41) is 8.43. The highest BCUT2D eigenvalue weighted by atomic mass is 16.2. The van der Waals surface area contributed by atoms with Crippen LogP contribution in [0.5, 0.6) is 0 Å². The van der Waals surface area contributed by atoms with Gasteiger partial charge in [0.1, 0.15) is 5.36 Å². The van der Waals surface area contributed by atoms with Crippen LogP contribution in [-0.4, -0.2) is 22.9 Å². The van der Waals surface area contributed by atoms with Gasteiger partial charge >= 0.3 is 0 Å². The lowest BCUT2D eigenvalue weighted by atomic mass is 10.1. The van der Waals surface area contributed by atoms with Crippen LogP contribution in [0, 0.1) is 0 Å². The quantitative estimate of drug-likeness (QED) is 0.689. The lowest BCUT2D eigenvalue weighted by molar-refractivity contribution is 0.0816. The van der Waals surface area contributed by atoms with E-state index in [2.05, 4.69) is 23.9 Å². The summed E-state index contributed by atoms with van der Waals surface area (Å²) >= 11 is 0. The zero-order chi connectivity index (χ0) is 12.9. The smallest absolute Gasteiger partial charge is 0.267 e. The van der Waals surface area contributed by atoms with Gasteiger partial charge in [-0.25, -0.2) is 5.01 Å². The van der Waals surface area contributed by atoms with Crippen molar-refractivity contribution in [1.29, 1.82) is 0 Å². The van der Waals surface area contributed by atoms with Gasteiger partial charge in [-0.1, -0.05) is 23.8 Å². The Hall–Kier alpha value is -2.23. The van der Waals surface area contributed by atoms with Crippen LogP contribution < -0.4 is 10.6 Å². The van der Waals surface area contributed by atoms with Crippen molar-refractivity contribution in [3.63, 3.8) is 0 Å².